The van der Waals surface area contributed by atoms with E-state index in [1.54, 1.807) is 32.4 Å². The number of carbonyl (C=O) groups excluding carboxylic acids is 2. The number of anilines is 1. The standard InChI is InChI=1S/C10H13N2O3S/c1-10(2,3)15-9(14)12-8-11-7(4-5-13)6-16-8/h6H,4H2,1-3H3,(H,11,12,14). The number of ether oxygens (including phenoxy) is 1. The lowest BCUT2D eigenvalue weighted by Crippen LogP contribution is -2.27. The number of hydrogen-bond donors (Lipinski definition) is 1. The van der Waals surface area contributed by atoms with Crippen molar-refractivity contribution in [1.29, 1.82) is 0 Å². The molecule has 0 bridgehead atoms. The fourth-order valence-electron chi connectivity index (χ4n) is 0.910. The van der Waals surface area contributed by atoms with Crippen LogP contribution in [-0.4, -0.2) is 23.0 Å². The van der Waals surface area contributed by atoms with Gasteiger partial charge in [0.1, 0.15) is 5.60 Å². The molecule has 0 unspecified atom stereocenters. The van der Waals surface area contributed by atoms with Gasteiger partial charge in [-0.25, -0.2) is 9.78 Å². The molecule has 16 heavy (non-hydrogen) atoms. The van der Waals surface area contributed by atoms with E-state index in [1.807, 2.05) is 0 Å². The average Bonchev–Trinajstić information content (AvgIpc) is 2.49. The number of hydrogen-bond acceptors (Lipinski definition) is 5. The molecule has 0 saturated heterocycles. The molecule has 1 radical (unpaired) electrons. The summed E-state index contributed by atoms with van der Waals surface area (Å²) in [7, 11) is 0. The Labute approximate surface area is 97.8 Å². The SMILES string of the molecule is CC(C)(C)OC(=O)Nc1nc(C[C]=O)cs1. The minimum absolute atomic E-state index is 0.131. The summed E-state index contributed by atoms with van der Waals surface area (Å²) in [6, 6.07) is 0. The van der Waals surface area contributed by atoms with Crippen molar-refractivity contribution in [2.24, 2.45) is 0 Å². The average molecular weight is 241 g/mol. The molecule has 0 spiro atoms. The van der Waals surface area contributed by atoms with Crippen molar-refractivity contribution in [2.75, 3.05) is 5.32 Å². The largest absolute Gasteiger partial charge is 0.444 e. The van der Waals surface area contributed by atoms with E-state index in [9.17, 15) is 9.59 Å². The number of thiazole rings is 1. The van der Waals surface area contributed by atoms with Crippen molar-refractivity contribution in [3.05, 3.63) is 11.1 Å². The molecule has 0 saturated carbocycles. The maximum atomic E-state index is 11.4. The summed E-state index contributed by atoms with van der Waals surface area (Å²) in [5.74, 6) is 0. The summed E-state index contributed by atoms with van der Waals surface area (Å²) in [4.78, 5) is 25.5. The van der Waals surface area contributed by atoms with Crippen LogP contribution < -0.4 is 5.32 Å². The minimum Gasteiger partial charge on any atom is -0.444 e. The highest BCUT2D eigenvalue weighted by Gasteiger charge is 2.17. The third-order valence-corrected chi connectivity index (χ3v) is 2.22. The van der Waals surface area contributed by atoms with Gasteiger partial charge >= 0.3 is 6.09 Å². The third-order valence-electron chi connectivity index (χ3n) is 1.41. The number of nitrogens with zero attached hydrogens (tertiary/aromatic N) is 1. The summed E-state index contributed by atoms with van der Waals surface area (Å²) < 4.78 is 5.05. The molecular formula is C10H13N2O3S. The highest BCUT2D eigenvalue weighted by Crippen LogP contribution is 2.16. The second-order valence-electron chi connectivity index (χ2n) is 4.09. The van der Waals surface area contributed by atoms with Crippen LogP contribution in [0.1, 0.15) is 26.5 Å². The fraction of sp³-hybridized carbons (Fsp3) is 0.500. The zero-order chi connectivity index (χ0) is 12.2. The Morgan fingerprint density at radius 1 is 1.62 bits per heavy atom. The number of aromatic nitrogens is 1. The van der Waals surface area contributed by atoms with Crippen LogP contribution in [0.5, 0.6) is 0 Å². The lowest BCUT2D eigenvalue weighted by molar-refractivity contribution is 0.0636. The number of carbonyl (C=O) groups is 1. The summed E-state index contributed by atoms with van der Waals surface area (Å²) in [6.07, 6.45) is 1.32. The second-order valence-corrected chi connectivity index (χ2v) is 4.95. The Balaban J connectivity index is 2.53. The van der Waals surface area contributed by atoms with Gasteiger partial charge in [-0.1, -0.05) is 0 Å². The molecule has 0 fully saturated rings. The highest BCUT2D eigenvalue weighted by molar-refractivity contribution is 7.13. The first-order valence-corrected chi connectivity index (χ1v) is 5.58. The molecule has 0 aliphatic heterocycles. The maximum absolute atomic E-state index is 11.4. The predicted octanol–water partition coefficient (Wildman–Crippen LogP) is 2.14. The van der Waals surface area contributed by atoms with Gasteiger partial charge in [0.15, 0.2) is 5.13 Å². The van der Waals surface area contributed by atoms with E-state index in [0.717, 1.165) is 0 Å². The molecule has 1 amide bonds. The number of amides is 1. The van der Waals surface area contributed by atoms with Crippen LogP contribution in [0.3, 0.4) is 0 Å². The van der Waals surface area contributed by atoms with Gasteiger partial charge < -0.3 is 4.74 Å². The predicted molar refractivity (Wildman–Crippen MR) is 61.4 cm³/mol. The van der Waals surface area contributed by atoms with Gasteiger partial charge in [-0.05, 0) is 20.8 Å². The molecule has 1 rings (SSSR count). The van der Waals surface area contributed by atoms with Crippen LogP contribution in [0, 0.1) is 0 Å². The summed E-state index contributed by atoms with van der Waals surface area (Å²) >= 11 is 1.24. The van der Waals surface area contributed by atoms with Gasteiger partial charge in [0.05, 0.1) is 12.1 Å². The minimum atomic E-state index is -0.552. The Bertz CT molecular complexity index is 382. The van der Waals surface area contributed by atoms with Gasteiger partial charge in [0.25, 0.3) is 0 Å². The first-order valence-electron chi connectivity index (χ1n) is 4.70. The van der Waals surface area contributed by atoms with Crippen molar-refractivity contribution in [2.45, 2.75) is 32.8 Å². The first-order chi connectivity index (χ1) is 7.40. The molecule has 1 aromatic rings. The van der Waals surface area contributed by atoms with Gasteiger partial charge in [-0.15, -0.1) is 11.3 Å². The number of nitrogens with one attached hydrogen (secondary N) is 1. The summed E-state index contributed by atoms with van der Waals surface area (Å²) in [5.41, 5.74) is 0.0480. The molecule has 6 heteroatoms. The van der Waals surface area contributed by atoms with E-state index < -0.39 is 11.7 Å². The molecule has 1 heterocycles. The van der Waals surface area contributed by atoms with Gasteiger partial charge in [0, 0.05) is 5.38 Å². The highest BCUT2D eigenvalue weighted by atomic mass is 32.1. The molecule has 0 aromatic carbocycles. The summed E-state index contributed by atoms with van der Waals surface area (Å²) in [6.45, 7) is 5.34. The van der Waals surface area contributed by atoms with Crippen LogP contribution in [0.4, 0.5) is 9.93 Å². The van der Waals surface area contributed by atoms with Crippen LogP contribution >= 0.6 is 11.3 Å². The lowest BCUT2D eigenvalue weighted by atomic mass is 10.2. The van der Waals surface area contributed by atoms with E-state index in [2.05, 4.69) is 10.3 Å². The van der Waals surface area contributed by atoms with Gasteiger partial charge in [-0.3, -0.25) is 10.1 Å². The third kappa shape index (κ3) is 4.39. The van der Waals surface area contributed by atoms with Gasteiger partial charge in [0.2, 0.25) is 6.29 Å². The van der Waals surface area contributed by atoms with E-state index in [1.165, 1.54) is 11.3 Å². The first kappa shape index (κ1) is 12.6. The number of rotatable bonds is 3. The van der Waals surface area contributed by atoms with Crippen LogP contribution in [0.15, 0.2) is 5.38 Å². The Hall–Kier alpha value is -1.43. The monoisotopic (exact) mass is 241 g/mol. The van der Waals surface area contributed by atoms with Crippen molar-refractivity contribution < 1.29 is 14.3 Å². The van der Waals surface area contributed by atoms with Crippen LogP contribution in [0.2, 0.25) is 0 Å². The molecule has 0 atom stereocenters. The van der Waals surface area contributed by atoms with E-state index in [-0.39, 0.29) is 6.42 Å². The van der Waals surface area contributed by atoms with Crippen LogP contribution in [-0.2, 0) is 16.0 Å². The molecule has 5 nitrogen and oxygen atoms in total. The zero-order valence-corrected chi connectivity index (χ0v) is 10.2. The van der Waals surface area contributed by atoms with E-state index in [0.29, 0.717) is 10.8 Å². The van der Waals surface area contributed by atoms with Gasteiger partial charge in [-0.2, -0.15) is 0 Å². The molecular weight excluding hydrogens is 228 g/mol. The molecule has 87 valence electrons. The summed E-state index contributed by atoms with van der Waals surface area (Å²) in [5, 5.41) is 4.60. The van der Waals surface area contributed by atoms with E-state index in [4.69, 9.17) is 4.74 Å². The van der Waals surface area contributed by atoms with E-state index >= 15 is 0 Å². The lowest BCUT2D eigenvalue weighted by Gasteiger charge is -2.18. The van der Waals surface area contributed by atoms with Crippen LogP contribution in [0.25, 0.3) is 0 Å². The fourth-order valence-corrected chi connectivity index (χ4v) is 1.61. The van der Waals surface area contributed by atoms with Crippen molar-refractivity contribution in [3.8, 4) is 0 Å². The topological polar surface area (TPSA) is 68.3 Å². The quantitative estimate of drug-likeness (QED) is 0.880. The Morgan fingerprint density at radius 3 is 2.88 bits per heavy atom. The second kappa shape index (κ2) is 5.07. The molecule has 0 aliphatic rings. The van der Waals surface area contributed by atoms with Crippen molar-refractivity contribution in [3.63, 3.8) is 0 Å². The van der Waals surface area contributed by atoms with Crippen molar-refractivity contribution in [1.82, 2.24) is 4.98 Å². The smallest absolute Gasteiger partial charge is 0.413 e. The normalized spacial score (nSPS) is 10.9. The maximum Gasteiger partial charge on any atom is 0.413 e. The Morgan fingerprint density at radius 2 is 2.31 bits per heavy atom. The molecule has 1 N–H and O–H groups in total. The molecule has 1 aromatic heterocycles. The van der Waals surface area contributed by atoms with Crippen molar-refractivity contribution >= 4 is 28.8 Å². The Kier molecular flexibility index (Phi) is 4.00. The molecule has 0 aliphatic carbocycles. The zero-order valence-electron chi connectivity index (χ0n) is 9.36.